The van der Waals surface area contributed by atoms with Gasteiger partial charge in [0, 0.05) is 36.8 Å². The molecule has 0 spiro atoms. The molecule has 5 nitrogen and oxygen atoms in total. The minimum atomic E-state index is 0.0150. The van der Waals surface area contributed by atoms with Crippen LogP contribution >= 0.6 is 11.6 Å². The molecule has 0 saturated carbocycles. The second kappa shape index (κ2) is 7.97. The van der Waals surface area contributed by atoms with E-state index in [9.17, 15) is 4.79 Å². The van der Waals surface area contributed by atoms with E-state index in [0.717, 1.165) is 43.5 Å². The van der Waals surface area contributed by atoms with Crippen LogP contribution in [-0.4, -0.2) is 39.2 Å². The first-order chi connectivity index (χ1) is 10.9. The highest BCUT2D eigenvalue weighted by atomic mass is 35.5. The van der Waals surface area contributed by atoms with E-state index in [0.29, 0.717) is 11.7 Å². The third-order valence-corrected chi connectivity index (χ3v) is 4.82. The molecule has 2 heterocycles. The highest BCUT2D eigenvalue weighted by Gasteiger charge is 2.25. The summed E-state index contributed by atoms with van der Waals surface area (Å²) in [4.78, 5) is 14.3. The molecule has 1 aliphatic rings. The number of aromatic nitrogens is 2. The molecule has 2 unspecified atom stereocenters. The number of halogens is 1. The quantitative estimate of drug-likeness (QED) is 0.839. The van der Waals surface area contributed by atoms with Crippen molar-refractivity contribution in [2.75, 3.05) is 6.54 Å². The predicted molar refractivity (Wildman–Crippen MR) is 94.3 cm³/mol. The lowest BCUT2D eigenvalue weighted by Gasteiger charge is -2.35. The number of nitrogens with two attached hydrogens (primary N) is 1. The first-order valence-electron chi connectivity index (χ1n) is 8.41. The molecule has 1 aliphatic heterocycles. The Morgan fingerprint density at radius 2 is 2.26 bits per heavy atom. The number of hydrogen-bond acceptors (Lipinski definition) is 3. The van der Waals surface area contributed by atoms with Crippen LogP contribution in [0.4, 0.5) is 0 Å². The van der Waals surface area contributed by atoms with Gasteiger partial charge in [0.25, 0.3) is 0 Å². The smallest absolute Gasteiger partial charge is 0.246 e. The lowest BCUT2D eigenvalue weighted by Crippen LogP contribution is -2.47. The Morgan fingerprint density at radius 3 is 2.91 bits per heavy atom. The number of rotatable bonds is 5. The van der Waals surface area contributed by atoms with Gasteiger partial charge >= 0.3 is 0 Å². The van der Waals surface area contributed by atoms with E-state index in [4.69, 9.17) is 17.3 Å². The van der Waals surface area contributed by atoms with Gasteiger partial charge in [-0.15, -0.1) is 0 Å². The molecule has 128 valence electrons. The Balaban J connectivity index is 2.07. The molecular formula is C17H27ClN4O. The van der Waals surface area contributed by atoms with Crippen LogP contribution in [0.15, 0.2) is 6.08 Å². The molecule has 0 bridgehead atoms. The van der Waals surface area contributed by atoms with Crippen molar-refractivity contribution in [1.82, 2.24) is 14.7 Å². The second-order valence-electron chi connectivity index (χ2n) is 6.37. The van der Waals surface area contributed by atoms with Gasteiger partial charge in [-0.25, -0.2) is 0 Å². The van der Waals surface area contributed by atoms with Gasteiger partial charge in [0.1, 0.15) is 5.15 Å². The summed E-state index contributed by atoms with van der Waals surface area (Å²) in [7, 11) is 0. The van der Waals surface area contributed by atoms with Crippen LogP contribution in [0.2, 0.25) is 5.15 Å². The average Bonchev–Trinajstić information content (AvgIpc) is 2.77. The standard InChI is InChI=1S/C17H27ClN4O/c1-4-5-9-22-17(18)15(13(3)20-22)6-7-16(23)21-10-8-14(19)11-12(21)2/h6-7,12,14H,4-5,8-11,19H2,1-3H3. The van der Waals surface area contributed by atoms with Crippen molar-refractivity contribution in [1.29, 1.82) is 0 Å². The van der Waals surface area contributed by atoms with Gasteiger partial charge < -0.3 is 10.6 Å². The van der Waals surface area contributed by atoms with Crippen LogP contribution < -0.4 is 5.73 Å². The van der Waals surface area contributed by atoms with Crippen LogP contribution in [0.5, 0.6) is 0 Å². The van der Waals surface area contributed by atoms with E-state index >= 15 is 0 Å². The van der Waals surface area contributed by atoms with Crippen LogP contribution in [0.25, 0.3) is 6.08 Å². The summed E-state index contributed by atoms with van der Waals surface area (Å²) < 4.78 is 1.81. The first kappa shape index (κ1) is 18.0. The van der Waals surface area contributed by atoms with Gasteiger partial charge in [-0.2, -0.15) is 5.10 Å². The Hall–Kier alpha value is -1.33. The minimum Gasteiger partial charge on any atom is -0.336 e. The average molecular weight is 339 g/mol. The second-order valence-corrected chi connectivity index (χ2v) is 6.72. The highest BCUT2D eigenvalue weighted by molar-refractivity contribution is 6.31. The largest absolute Gasteiger partial charge is 0.336 e. The predicted octanol–water partition coefficient (Wildman–Crippen LogP) is 3.00. The topological polar surface area (TPSA) is 64.2 Å². The van der Waals surface area contributed by atoms with E-state index in [1.807, 2.05) is 23.4 Å². The van der Waals surface area contributed by atoms with E-state index in [-0.39, 0.29) is 18.0 Å². The molecule has 0 radical (unpaired) electrons. The fraction of sp³-hybridized carbons (Fsp3) is 0.647. The zero-order valence-corrected chi connectivity index (χ0v) is 15.0. The van der Waals surface area contributed by atoms with Gasteiger partial charge in [-0.3, -0.25) is 9.48 Å². The van der Waals surface area contributed by atoms with Crippen molar-refractivity contribution in [2.24, 2.45) is 5.73 Å². The number of carbonyl (C=O) groups is 1. The number of amides is 1. The number of aryl methyl sites for hydroxylation is 2. The minimum absolute atomic E-state index is 0.0150. The Bertz CT molecular complexity index is 581. The fourth-order valence-electron chi connectivity index (χ4n) is 3.00. The van der Waals surface area contributed by atoms with Crippen molar-refractivity contribution in [3.8, 4) is 0 Å². The molecular weight excluding hydrogens is 312 g/mol. The number of piperidine rings is 1. The van der Waals surface area contributed by atoms with Crippen LogP contribution in [0.3, 0.4) is 0 Å². The summed E-state index contributed by atoms with van der Waals surface area (Å²) in [5.41, 5.74) is 7.63. The number of carbonyl (C=O) groups excluding carboxylic acids is 1. The Morgan fingerprint density at radius 1 is 1.52 bits per heavy atom. The molecule has 1 aromatic rings. The number of likely N-dealkylation sites (tertiary alicyclic amines) is 1. The van der Waals surface area contributed by atoms with Gasteiger partial charge in [-0.1, -0.05) is 24.9 Å². The van der Waals surface area contributed by atoms with E-state index in [1.165, 1.54) is 0 Å². The van der Waals surface area contributed by atoms with Crippen molar-refractivity contribution in [2.45, 2.75) is 65.1 Å². The van der Waals surface area contributed by atoms with Crippen LogP contribution in [0.1, 0.15) is 50.8 Å². The maximum absolute atomic E-state index is 12.4. The normalized spacial score (nSPS) is 22.0. The Labute approximate surface area is 143 Å². The summed E-state index contributed by atoms with van der Waals surface area (Å²) in [6.07, 6.45) is 7.24. The molecule has 2 rings (SSSR count). The molecule has 6 heteroatoms. The number of hydrogen-bond donors (Lipinski definition) is 1. The van der Waals surface area contributed by atoms with Crippen LogP contribution in [-0.2, 0) is 11.3 Å². The highest BCUT2D eigenvalue weighted by Crippen LogP contribution is 2.22. The molecule has 1 aromatic heterocycles. The van der Waals surface area contributed by atoms with Crippen molar-refractivity contribution in [3.05, 3.63) is 22.5 Å². The molecule has 1 saturated heterocycles. The molecule has 1 amide bonds. The summed E-state index contributed by atoms with van der Waals surface area (Å²) in [5.74, 6) is 0.0150. The molecule has 2 N–H and O–H groups in total. The summed E-state index contributed by atoms with van der Waals surface area (Å²) in [5, 5.41) is 5.06. The van der Waals surface area contributed by atoms with Gasteiger partial charge in [-0.05, 0) is 39.2 Å². The zero-order valence-electron chi connectivity index (χ0n) is 14.3. The summed E-state index contributed by atoms with van der Waals surface area (Å²) >= 11 is 6.39. The van der Waals surface area contributed by atoms with Crippen LogP contribution in [0, 0.1) is 6.92 Å². The first-order valence-corrected chi connectivity index (χ1v) is 8.79. The SMILES string of the molecule is CCCCn1nc(C)c(C=CC(=O)N2CCC(N)CC2C)c1Cl. The Kier molecular flexibility index (Phi) is 6.25. The fourth-order valence-corrected chi connectivity index (χ4v) is 3.32. The van der Waals surface area contributed by atoms with Gasteiger partial charge in [0.05, 0.1) is 5.69 Å². The maximum Gasteiger partial charge on any atom is 0.246 e. The molecule has 0 aliphatic carbocycles. The molecule has 23 heavy (non-hydrogen) atoms. The summed E-state index contributed by atoms with van der Waals surface area (Å²) in [6.45, 7) is 7.62. The lowest BCUT2D eigenvalue weighted by atomic mass is 9.99. The van der Waals surface area contributed by atoms with E-state index in [2.05, 4.69) is 12.0 Å². The monoisotopic (exact) mass is 338 g/mol. The third-order valence-electron chi connectivity index (χ3n) is 4.43. The molecule has 2 atom stereocenters. The zero-order chi connectivity index (χ0) is 17.0. The molecule has 0 aromatic carbocycles. The van der Waals surface area contributed by atoms with Gasteiger partial charge in [0.2, 0.25) is 5.91 Å². The van der Waals surface area contributed by atoms with Crippen molar-refractivity contribution >= 4 is 23.6 Å². The van der Waals surface area contributed by atoms with Gasteiger partial charge in [0.15, 0.2) is 0 Å². The number of nitrogens with zero attached hydrogens (tertiary/aromatic N) is 3. The van der Waals surface area contributed by atoms with Crippen molar-refractivity contribution in [3.63, 3.8) is 0 Å². The van der Waals surface area contributed by atoms with Crippen molar-refractivity contribution < 1.29 is 4.79 Å². The number of unbranched alkanes of at least 4 members (excludes halogenated alkanes) is 1. The summed E-state index contributed by atoms with van der Waals surface area (Å²) in [6, 6.07) is 0.381. The molecule has 1 fully saturated rings. The third kappa shape index (κ3) is 4.36. The van der Waals surface area contributed by atoms with E-state index < -0.39 is 0 Å². The maximum atomic E-state index is 12.4. The lowest BCUT2D eigenvalue weighted by molar-refractivity contribution is -0.129. The van der Waals surface area contributed by atoms with E-state index in [1.54, 1.807) is 12.2 Å².